The highest BCUT2D eigenvalue weighted by Gasteiger charge is 2.14. The van der Waals surface area contributed by atoms with Crippen molar-refractivity contribution in [3.8, 4) is 0 Å². The van der Waals surface area contributed by atoms with Crippen LogP contribution in [0.2, 0.25) is 0 Å². The van der Waals surface area contributed by atoms with Crippen LogP contribution < -0.4 is 0 Å². The molecule has 0 N–H and O–H groups in total. The smallest absolute Gasteiger partial charge is 0.0656 e. The number of hydrogen-bond donors (Lipinski definition) is 0. The molecule has 0 spiro atoms. The number of nitrogens with zero attached hydrogens (tertiary/aromatic N) is 1. The lowest BCUT2D eigenvalue weighted by Crippen LogP contribution is -2.27. The molecule has 8 heavy (non-hydrogen) atoms. The van der Waals surface area contributed by atoms with Crippen LogP contribution in [0.15, 0.2) is 0 Å². The molecular weight excluding hydrogens is 166 g/mol. The minimum atomic E-state index is 0.594. The van der Waals surface area contributed by atoms with Crippen molar-refractivity contribution in [2.45, 2.75) is 24.2 Å². The van der Waals surface area contributed by atoms with Gasteiger partial charge in [-0.3, -0.25) is 4.90 Å². The molecule has 1 aliphatic heterocycles. The fourth-order valence-corrected chi connectivity index (χ4v) is 1.39. The van der Waals surface area contributed by atoms with Crippen LogP contribution in [0.4, 0.5) is 0 Å². The molecule has 1 saturated heterocycles. The Kier molecular flexibility index (Phi) is 2.32. The summed E-state index contributed by atoms with van der Waals surface area (Å²) in [4.78, 5) is 2.82. The van der Waals surface area contributed by atoms with E-state index in [9.17, 15) is 0 Å². The van der Waals surface area contributed by atoms with E-state index in [2.05, 4.69) is 34.4 Å². The van der Waals surface area contributed by atoms with Crippen LogP contribution in [-0.2, 0) is 0 Å². The van der Waals surface area contributed by atoms with Gasteiger partial charge in [0.2, 0.25) is 0 Å². The first-order valence-corrected chi connectivity index (χ1v) is 3.91. The monoisotopic (exact) mass is 176 g/mol. The summed E-state index contributed by atoms with van der Waals surface area (Å²) in [7, 11) is 2.11. The Bertz CT molecular complexity index is 64.9. The van der Waals surface area contributed by atoms with Gasteiger partial charge in [0.25, 0.3) is 0 Å². The number of halogens is 1. The third-order valence-electron chi connectivity index (χ3n) is 1.51. The highest BCUT2D eigenvalue weighted by Crippen LogP contribution is 2.21. The molecule has 0 aromatic rings. The molecule has 1 rings (SSSR count). The maximum Gasteiger partial charge on any atom is 0.0656 e. The zero-order valence-corrected chi connectivity index (χ0v) is 6.69. The van der Waals surface area contributed by atoms with Crippen molar-refractivity contribution >= 4 is 15.9 Å². The van der Waals surface area contributed by atoms with Crippen LogP contribution >= 0.6 is 15.9 Å². The Labute approximate surface area is 59.2 Å². The number of hydrogen-bond acceptors (Lipinski definition) is 1. The number of piperidine rings is 1. The number of likely N-dealkylation sites (tertiary alicyclic amines) is 1. The van der Waals surface area contributed by atoms with Crippen molar-refractivity contribution in [2.24, 2.45) is 0 Å². The van der Waals surface area contributed by atoms with Gasteiger partial charge in [-0.25, -0.2) is 0 Å². The van der Waals surface area contributed by atoms with Gasteiger partial charge in [-0.2, -0.15) is 0 Å². The summed E-state index contributed by atoms with van der Waals surface area (Å²) in [6.45, 7) is 2.24. The summed E-state index contributed by atoms with van der Waals surface area (Å²) >= 11 is 3.55. The van der Waals surface area contributed by atoms with Gasteiger partial charge in [-0.1, -0.05) is 15.9 Å². The first-order chi connectivity index (χ1) is 3.80. The topological polar surface area (TPSA) is 3.24 Å². The van der Waals surface area contributed by atoms with Gasteiger partial charge in [0.1, 0.15) is 0 Å². The zero-order valence-electron chi connectivity index (χ0n) is 5.10. The Morgan fingerprint density at radius 2 is 2.50 bits per heavy atom. The molecule has 1 heterocycles. The van der Waals surface area contributed by atoms with Crippen molar-refractivity contribution in [3.63, 3.8) is 0 Å². The van der Waals surface area contributed by atoms with E-state index in [0.717, 1.165) is 0 Å². The fraction of sp³-hybridized carbons (Fsp3) is 0.833. The minimum Gasteiger partial charge on any atom is -0.289 e. The van der Waals surface area contributed by atoms with Crippen molar-refractivity contribution in [2.75, 3.05) is 7.05 Å². The van der Waals surface area contributed by atoms with Crippen LogP contribution in [0.25, 0.3) is 0 Å². The van der Waals surface area contributed by atoms with Crippen molar-refractivity contribution < 1.29 is 0 Å². The summed E-state index contributed by atoms with van der Waals surface area (Å²) in [5.74, 6) is 0. The lowest BCUT2D eigenvalue weighted by Gasteiger charge is -2.26. The predicted molar refractivity (Wildman–Crippen MR) is 38.6 cm³/mol. The quantitative estimate of drug-likeness (QED) is 0.404. The Morgan fingerprint density at radius 1 is 1.75 bits per heavy atom. The van der Waals surface area contributed by atoms with Crippen molar-refractivity contribution in [3.05, 3.63) is 6.54 Å². The van der Waals surface area contributed by atoms with Crippen LogP contribution in [0.5, 0.6) is 0 Å². The lowest BCUT2D eigenvalue weighted by atomic mass is 10.1. The van der Waals surface area contributed by atoms with E-state index >= 15 is 0 Å². The van der Waals surface area contributed by atoms with Crippen molar-refractivity contribution in [1.29, 1.82) is 0 Å². The number of rotatable bonds is 0. The van der Waals surface area contributed by atoms with Gasteiger partial charge in [0, 0.05) is 6.54 Å². The molecule has 1 fully saturated rings. The average molecular weight is 177 g/mol. The van der Waals surface area contributed by atoms with E-state index < -0.39 is 0 Å². The second-order valence-electron chi connectivity index (χ2n) is 2.21. The van der Waals surface area contributed by atoms with E-state index in [-0.39, 0.29) is 0 Å². The summed E-state index contributed by atoms with van der Waals surface area (Å²) in [5.41, 5.74) is 0. The normalized spacial score (nSPS) is 33.0. The second-order valence-corrected chi connectivity index (χ2v) is 3.27. The van der Waals surface area contributed by atoms with Gasteiger partial charge in [-0.15, -0.1) is 0 Å². The Morgan fingerprint density at radius 3 is 2.88 bits per heavy atom. The van der Waals surface area contributed by atoms with Gasteiger partial charge in [0.15, 0.2) is 0 Å². The van der Waals surface area contributed by atoms with Crippen LogP contribution in [-0.4, -0.2) is 16.9 Å². The molecule has 1 atom stereocenters. The summed E-state index contributed by atoms with van der Waals surface area (Å²) < 4.78 is 0. The average Bonchev–Trinajstić information content (AvgIpc) is 1.77. The Balaban J connectivity index is 2.28. The molecule has 0 bridgehead atoms. The van der Waals surface area contributed by atoms with E-state index in [1.807, 2.05) is 0 Å². The molecule has 1 aliphatic rings. The second kappa shape index (κ2) is 2.83. The zero-order chi connectivity index (χ0) is 5.98. The maximum absolute atomic E-state index is 3.55. The summed E-state index contributed by atoms with van der Waals surface area (Å²) in [6, 6.07) is 0. The molecule has 0 aromatic heterocycles. The van der Waals surface area contributed by atoms with Crippen LogP contribution in [0.1, 0.15) is 19.3 Å². The molecule has 47 valence electrons. The summed E-state index contributed by atoms with van der Waals surface area (Å²) in [5, 5.41) is 0. The first kappa shape index (κ1) is 6.56. The van der Waals surface area contributed by atoms with Gasteiger partial charge in [0.05, 0.1) is 4.95 Å². The molecule has 1 radical (unpaired) electrons. The standard InChI is InChI=1S/C6H11BrN/c1-8-5-3-2-4-6(8)7/h5-6H,2-4H2,1H3. The molecule has 0 aliphatic carbocycles. The van der Waals surface area contributed by atoms with E-state index in [4.69, 9.17) is 0 Å². The van der Waals surface area contributed by atoms with Crippen molar-refractivity contribution in [1.82, 2.24) is 4.90 Å². The molecule has 1 unspecified atom stereocenters. The van der Waals surface area contributed by atoms with Gasteiger partial charge in [-0.05, 0) is 26.3 Å². The minimum absolute atomic E-state index is 0.594. The molecule has 0 amide bonds. The molecule has 0 aromatic carbocycles. The third-order valence-corrected chi connectivity index (χ3v) is 2.61. The van der Waals surface area contributed by atoms with Gasteiger partial charge < -0.3 is 0 Å². The Hall–Kier alpha value is 0.440. The van der Waals surface area contributed by atoms with E-state index in [1.165, 1.54) is 19.3 Å². The maximum atomic E-state index is 3.55. The first-order valence-electron chi connectivity index (χ1n) is 3.00. The van der Waals surface area contributed by atoms with Crippen LogP contribution in [0.3, 0.4) is 0 Å². The van der Waals surface area contributed by atoms with E-state index in [0.29, 0.717) is 4.95 Å². The third kappa shape index (κ3) is 1.46. The molecule has 0 saturated carbocycles. The molecule has 2 heteroatoms. The molecular formula is C6H11BrN. The number of alkyl halides is 1. The fourth-order valence-electron chi connectivity index (χ4n) is 0.899. The molecule has 1 nitrogen and oxygen atoms in total. The van der Waals surface area contributed by atoms with E-state index in [1.54, 1.807) is 0 Å². The predicted octanol–water partition coefficient (Wildman–Crippen LogP) is 1.98. The highest BCUT2D eigenvalue weighted by molar-refractivity contribution is 9.09. The largest absolute Gasteiger partial charge is 0.289 e. The lowest BCUT2D eigenvalue weighted by molar-refractivity contribution is 0.313. The summed E-state index contributed by atoms with van der Waals surface area (Å²) in [6.07, 6.45) is 3.87. The highest BCUT2D eigenvalue weighted by atomic mass is 79.9. The van der Waals surface area contributed by atoms with Crippen LogP contribution in [0, 0.1) is 6.54 Å². The SMILES string of the molecule is CN1[CH]CCCC1Br. The van der Waals surface area contributed by atoms with Gasteiger partial charge >= 0.3 is 0 Å².